The molecule has 5 N–H and O–H groups in total. The second kappa shape index (κ2) is 11.9. The summed E-state index contributed by atoms with van der Waals surface area (Å²) in [7, 11) is 0. The maximum absolute atomic E-state index is 15.0. The van der Waals surface area contributed by atoms with Gasteiger partial charge in [-0.3, -0.25) is 4.98 Å². The molecule has 4 rings (SSSR count). The number of benzene rings is 2. The van der Waals surface area contributed by atoms with Crippen molar-refractivity contribution < 1.29 is 33.3 Å². The number of aryl methyl sites for hydroxylation is 1. The van der Waals surface area contributed by atoms with Crippen LogP contribution in [0.5, 0.6) is 0 Å². The number of carbonyl (C=O) groups is 1. The highest BCUT2D eigenvalue weighted by molar-refractivity contribution is 6.35. The fourth-order valence-corrected chi connectivity index (χ4v) is 4.51. The largest absolute Gasteiger partial charge is 0.465 e. The van der Waals surface area contributed by atoms with Crippen LogP contribution in [0, 0.1) is 12.7 Å². The van der Waals surface area contributed by atoms with Gasteiger partial charge in [0, 0.05) is 28.9 Å². The zero-order chi connectivity index (χ0) is 30.1. The summed E-state index contributed by atoms with van der Waals surface area (Å²) in [6.07, 6.45) is -1.53. The topological polar surface area (TPSA) is 140 Å². The molecule has 2 heterocycles. The Hall–Kier alpha value is -4.00. The van der Waals surface area contributed by atoms with Crippen molar-refractivity contribution >= 4 is 34.3 Å². The van der Waals surface area contributed by atoms with E-state index in [0.717, 1.165) is 12.1 Å². The molecular weight excluding hydrogens is 563 g/mol. The molecule has 0 saturated carbocycles. The van der Waals surface area contributed by atoms with Gasteiger partial charge in [-0.1, -0.05) is 23.7 Å². The van der Waals surface area contributed by atoms with Crippen molar-refractivity contribution in [1.82, 2.24) is 20.3 Å². The van der Waals surface area contributed by atoms with Gasteiger partial charge in [0.2, 0.25) is 0 Å². The summed E-state index contributed by atoms with van der Waals surface area (Å²) in [5.41, 5.74) is 0.449. The van der Waals surface area contributed by atoms with Crippen LogP contribution in [0.25, 0.3) is 22.0 Å². The van der Waals surface area contributed by atoms with Crippen LogP contribution in [0.4, 0.5) is 23.7 Å². The number of aliphatic hydroxyl groups is 2. The van der Waals surface area contributed by atoms with Gasteiger partial charge in [-0.05, 0) is 56.2 Å². The number of aromatic nitrogens is 3. The number of rotatable bonds is 9. The highest BCUT2D eigenvalue weighted by Crippen LogP contribution is 2.39. The van der Waals surface area contributed by atoms with E-state index >= 15 is 0 Å². The molecule has 0 radical (unpaired) electrons. The molecule has 41 heavy (non-hydrogen) atoms. The lowest BCUT2D eigenvalue weighted by Crippen LogP contribution is -2.29. The molecule has 0 aliphatic carbocycles. The van der Waals surface area contributed by atoms with Crippen molar-refractivity contribution in [1.29, 1.82) is 0 Å². The smallest absolute Gasteiger partial charge is 0.405 e. The van der Waals surface area contributed by atoms with E-state index in [4.69, 9.17) is 16.7 Å². The normalized spacial score (nSPS) is 13.3. The van der Waals surface area contributed by atoms with E-state index in [1.807, 2.05) is 0 Å². The molecule has 0 aliphatic rings. The number of fused-ring (bicyclic) bond motifs is 1. The molecule has 0 spiro atoms. The van der Waals surface area contributed by atoms with Crippen LogP contribution in [-0.4, -0.2) is 49.4 Å². The number of amides is 1. The predicted molar refractivity (Wildman–Crippen MR) is 148 cm³/mol. The molecule has 0 aliphatic heterocycles. The van der Waals surface area contributed by atoms with Crippen molar-refractivity contribution in [2.45, 2.75) is 44.9 Å². The predicted octanol–water partition coefficient (Wildman–Crippen LogP) is 5.74. The van der Waals surface area contributed by atoms with Gasteiger partial charge in [0.15, 0.2) is 5.82 Å². The first-order chi connectivity index (χ1) is 19.3. The van der Waals surface area contributed by atoms with Crippen LogP contribution < -0.4 is 10.6 Å². The van der Waals surface area contributed by atoms with Gasteiger partial charge in [0.05, 0.1) is 34.6 Å². The number of nitrogens with one attached hydrogen (secondary N) is 2. The Bertz CT molecular complexity index is 1580. The summed E-state index contributed by atoms with van der Waals surface area (Å²) in [4.78, 5) is 24.0. The Kier molecular flexibility index (Phi) is 8.66. The number of alkyl halides is 2. The molecule has 13 heteroatoms. The Morgan fingerprint density at radius 2 is 1.78 bits per heavy atom. The summed E-state index contributed by atoms with van der Waals surface area (Å²) in [6.45, 7) is 4.03. The molecule has 216 valence electrons. The zero-order valence-corrected chi connectivity index (χ0v) is 22.9. The number of aliphatic hydroxyl groups excluding tert-OH is 1. The minimum absolute atomic E-state index is 0.0475. The molecular formula is C28H27ClF3N5O4. The van der Waals surface area contributed by atoms with E-state index < -0.39 is 48.2 Å². The maximum Gasteiger partial charge on any atom is 0.405 e. The summed E-state index contributed by atoms with van der Waals surface area (Å²) in [5, 5.41) is 34.0. The van der Waals surface area contributed by atoms with E-state index in [-0.39, 0.29) is 22.1 Å². The quantitative estimate of drug-likeness (QED) is 0.166. The van der Waals surface area contributed by atoms with Crippen molar-refractivity contribution in [2.24, 2.45) is 0 Å². The third-order valence-corrected chi connectivity index (χ3v) is 6.88. The number of hydrogen-bond acceptors (Lipinski definition) is 7. The van der Waals surface area contributed by atoms with Gasteiger partial charge < -0.3 is 26.0 Å². The minimum atomic E-state index is -3.12. The molecule has 2 aromatic heterocycles. The number of hydrogen-bond donors (Lipinski definition) is 5. The van der Waals surface area contributed by atoms with Crippen molar-refractivity contribution in [2.75, 3.05) is 11.9 Å². The Morgan fingerprint density at radius 1 is 1.10 bits per heavy atom. The second-order valence-electron chi connectivity index (χ2n) is 9.89. The van der Waals surface area contributed by atoms with Crippen LogP contribution in [0.2, 0.25) is 5.02 Å². The fraction of sp³-hybridized carbons (Fsp3) is 0.286. The zero-order valence-electron chi connectivity index (χ0n) is 22.2. The van der Waals surface area contributed by atoms with Gasteiger partial charge in [-0.15, -0.1) is 0 Å². The van der Waals surface area contributed by atoms with Crippen molar-refractivity contribution in [3.8, 4) is 11.1 Å². The number of nitrogens with zero attached hydrogens (tertiary/aromatic N) is 3. The molecule has 9 nitrogen and oxygen atoms in total. The van der Waals surface area contributed by atoms with Crippen LogP contribution in [0.1, 0.15) is 48.6 Å². The molecule has 0 fully saturated rings. The average Bonchev–Trinajstić information content (AvgIpc) is 2.92. The van der Waals surface area contributed by atoms with Crippen LogP contribution in [0.3, 0.4) is 0 Å². The molecule has 0 saturated heterocycles. The van der Waals surface area contributed by atoms with E-state index in [9.17, 15) is 28.2 Å². The van der Waals surface area contributed by atoms with E-state index in [2.05, 4.69) is 25.6 Å². The minimum Gasteiger partial charge on any atom is -0.465 e. The highest BCUT2D eigenvalue weighted by Gasteiger charge is 2.29. The Balaban J connectivity index is 1.81. The average molecular weight is 590 g/mol. The molecule has 2 atom stereocenters. The monoisotopic (exact) mass is 589 g/mol. The summed E-state index contributed by atoms with van der Waals surface area (Å²) in [5.74, 6) is -0.745. The number of pyridine rings is 1. The van der Waals surface area contributed by atoms with Gasteiger partial charge in [-0.2, -0.15) is 0 Å². The molecule has 0 bridgehead atoms. The van der Waals surface area contributed by atoms with Crippen LogP contribution in [-0.2, 0) is 5.60 Å². The first kappa shape index (κ1) is 30.0. The lowest BCUT2D eigenvalue weighted by molar-refractivity contribution is 0.0687. The number of anilines is 1. The van der Waals surface area contributed by atoms with Gasteiger partial charge in [-0.25, -0.2) is 27.9 Å². The Morgan fingerprint density at radius 3 is 2.37 bits per heavy atom. The molecule has 1 unspecified atom stereocenters. The lowest BCUT2D eigenvalue weighted by Gasteiger charge is -2.24. The van der Waals surface area contributed by atoms with E-state index in [1.54, 1.807) is 39.0 Å². The fourth-order valence-electron chi connectivity index (χ4n) is 4.31. The highest BCUT2D eigenvalue weighted by atomic mass is 35.5. The van der Waals surface area contributed by atoms with Gasteiger partial charge >= 0.3 is 6.09 Å². The van der Waals surface area contributed by atoms with Gasteiger partial charge in [0.25, 0.3) is 6.43 Å². The lowest BCUT2D eigenvalue weighted by atomic mass is 9.98. The summed E-state index contributed by atoms with van der Waals surface area (Å²) >= 11 is 6.55. The first-order valence-corrected chi connectivity index (χ1v) is 12.8. The van der Waals surface area contributed by atoms with Crippen LogP contribution >= 0.6 is 11.6 Å². The molecule has 1 amide bonds. The summed E-state index contributed by atoms with van der Waals surface area (Å²) < 4.78 is 44.0. The first-order valence-electron chi connectivity index (χ1n) is 12.4. The Labute approximate surface area is 238 Å². The third kappa shape index (κ3) is 6.50. The SMILES string of the molecule is Cc1nc2ccc(-c3cnc(C(C)(C)O)nc3)cc2c(N[C@@H](c2cc(C(CO)NC(=O)O)ccc2F)C(F)F)c1Cl. The number of carboxylic acid groups (broad SMARTS) is 1. The van der Waals surface area contributed by atoms with E-state index in [0.29, 0.717) is 27.7 Å². The maximum atomic E-state index is 15.0. The number of halogens is 4. The standard InChI is InChI=1S/C28H27ClF3N5O4/c1-13-22(29)23(18-8-14(5-7-20(18)35-13)16-10-33-26(34-11-16)28(2,3)41)37-24(25(31)32)17-9-15(4-6-19(17)30)21(12-38)36-27(39)40/h4-11,21,24-25,36,38,41H,12H2,1-3H3,(H,35,37)(H,39,40)/t21?,24-/m0/s1. The van der Waals surface area contributed by atoms with Crippen LogP contribution in [0.15, 0.2) is 48.8 Å². The van der Waals surface area contributed by atoms with Crippen molar-refractivity contribution in [3.63, 3.8) is 0 Å². The third-order valence-electron chi connectivity index (χ3n) is 6.41. The van der Waals surface area contributed by atoms with E-state index in [1.165, 1.54) is 18.5 Å². The molecule has 2 aromatic carbocycles. The van der Waals surface area contributed by atoms with Crippen molar-refractivity contribution in [3.05, 3.63) is 82.3 Å². The second-order valence-corrected chi connectivity index (χ2v) is 10.3. The molecule has 4 aromatic rings. The summed E-state index contributed by atoms with van der Waals surface area (Å²) in [6, 6.07) is 5.22. The van der Waals surface area contributed by atoms with Gasteiger partial charge in [0.1, 0.15) is 17.5 Å².